The highest BCUT2D eigenvalue weighted by molar-refractivity contribution is 7.99. The zero-order chi connectivity index (χ0) is 11.9. The average Bonchev–Trinajstić information content (AvgIpc) is 2.11. The lowest BCUT2D eigenvalue weighted by atomic mass is 10.0. The highest BCUT2D eigenvalue weighted by atomic mass is 32.2. The van der Waals surface area contributed by atoms with Gasteiger partial charge in [0.1, 0.15) is 5.54 Å². The highest BCUT2D eigenvalue weighted by Crippen LogP contribution is 2.16. The van der Waals surface area contributed by atoms with E-state index in [1.165, 1.54) is 5.75 Å². The number of nitrogens with zero attached hydrogens (tertiary/aromatic N) is 1. The third kappa shape index (κ3) is 7.70. The molecule has 0 aliphatic heterocycles. The topological polar surface area (TPSA) is 35.8 Å². The second kappa shape index (κ2) is 7.14. The summed E-state index contributed by atoms with van der Waals surface area (Å²) in [6.45, 7) is 10.6. The molecule has 1 atom stereocenters. The molecule has 0 aliphatic rings. The number of rotatable bonds is 7. The Labute approximate surface area is 98.8 Å². The zero-order valence-electron chi connectivity index (χ0n) is 10.6. The molecule has 0 rings (SSSR count). The fourth-order valence-corrected chi connectivity index (χ4v) is 2.58. The SMILES string of the molecule is CC(C)CSCCC(C)(C#N)NC(C)C. The fraction of sp³-hybridized carbons (Fsp3) is 0.917. The predicted molar refractivity (Wildman–Crippen MR) is 69.1 cm³/mol. The van der Waals surface area contributed by atoms with Crippen molar-refractivity contribution in [1.82, 2.24) is 5.32 Å². The van der Waals surface area contributed by atoms with E-state index in [9.17, 15) is 0 Å². The van der Waals surface area contributed by atoms with E-state index in [4.69, 9.17) is 5.26 Å². The van der Waals surface area contributed by atoms with Crippen LogP contribution in [-0.4, -0.2) is 23.1 Å². The van der Waals surface area contributed by atoms with Crippen molar-refractivity contribution in [3.8, 4) is 6.07 Å². The molecule has 15 heavy (non-hydrogen) atoms. The van der Waals surface area contributed by atoms with Crippen molar-refractivity contribution < 1.29 is 0 Å². The summed E-state index contributed by atoms with van der Waals surface area (Å²) >= 11 is 1.94. The molecule has 3 heteroatoms. The molecule has 0 aliphatic carbocycles. The molecule has 0 aromatic heterocycles. The van der Waals surface area contributed by atoms with E-state index < -0.39 is 0 Å². The minimum atomic E-state index is -0.363. The minimum absolute atomic E-state index is 0.363. The van der Waals surface area contributed by atoms with Crippen LogP contribution in [-0.2, 0) is 0 Å². The van der Waals surface area contributed by atoms with Crippen molar-refractivity contribution in [2.24, 2.45) is 5.92 Å². The normalized spacial score (nSPS) is 15.3. The number of thioether (sulfide) groups is 1. The lowest BCUT2D eigenvalue weighted by molar-refractivity contribution is 0.397. The van der Waals surface area contributed by atoms with Gasteiger partial charge in [-0.2, -0.15) is 17.0 Å². The van der Waals surface area contributed by atoms with E-state index in [0.29, 0.717) is 6.04 Å². The molecule has 0 amide bonds. The van der Waals surface area contributed by atoms with Gasteiger partial charge in [-0.05, 0) is 44.6 Å². The van der Waals surface area contributed by atoms with E-state index in [-0.39, 0.29) is 5.54 Å². The number of nitriles is 1. The largest absolute Gasteiger partial charge is 0.297 e. The third-order valence-corrected chi connectivity index (χ3v) is 3.45. The third-order valence-electron chi connectivity index (χ3n) is 2.05. The molecule has 0 bridgehead atoms. The Morgan fingerprint density at radius 1 is 1.33 bits per heavy atom. The van der Waals surface area contributed by atoms with Gasteiger partial charge in [0.15, 0.2) is 0 Å². The first kappa shape index (κ1) is 14.8. The number of nitrogens with one attached hydrogen (secondary N) is 1. The van der Waals surface area contributed by atoms with Gasteiger partial charge in [-0.3, -0.25) is 5.32 Å². The van der Waals surface area contributed by atoms with Crippen LogP contribution in [0.5, 0.6) is 0 Å². The van der Waals surface area contributed by atoms with Crippen molar-refractivity contribution >= 4 is 11.8 Å². The Hall–Kier alpha value is -0.200. The summed E-state index contributed by atoms with van der Waals surface area (Å²) in [5, 5.41) is 12.4. The molecule has 0 fully saturated rings. The molecule has 0 aromatic carbocycles. The van der Waals surface area contributed by atoms with Gasteiger partial charge in [0.05, 0.1) is 6.07 Å². The molecule has 88 valence electrons. The van der Waals surface area contributed by atoms with Crippen LogP contribution >= 0.6 is 11.8 Å². The Morgan fingerprint density at radius 3 is 2.33 bits per heavy atom. The second-order valence-electron chi connectivity index (χ2n) is 4.96. The monoisotopic (exact) mass is 228 g/mol. The summed E-state index contributed by atoms with van der Waals surface area (Å²) in [6.07, 6.45) is 0.916. The van der Waals surface area contributed by atoms with Gasteiger partial charge in [-0.1, -0.05) is 13.8 Å². The van der Waals surface area contributed by atoms with Crippen molar-refractivity contribution in [2.75, 3.05) is 11.5 Å². The van der Waals surface area contributed by atoms with Crippen LogP contribution in [0.25, 0.3) is 0 Å². The van der Waals surface area contributed by atoms with Gasteiger partial charge in [0.2, 0.25) is 0 Å². The van der Waals surface area contributed by atoms with Crippen molar-refractivity contribution in [2.45, 2.75) is 52.6 Å². The van der Waals surface area contributed by atoms with Gasteiger partial charge in [-0.15, -0.1) is 0 Å². The molecule has 1 N–H and O–H groups in total. The molecule has 0 aromatic rings. The van der Waals surface area contributed by atoms with Gasteiger partial charge in [0.25, 0.3) is 0 Å². The van der Waals surface area contributed by atoms with E-state index in [1.807, 2.05) is 18.7 Å². The second-order valence-corrected chi connectivity index (χ2v) is 6.11. The van der Waals surface area contributed by atoms with Gasteiger partial charge in [0, 0.05) is 6.04 Å². The zero-order valence-corrected chi connectivity index (χ0v) is 11.4. The fourth-order valence-electron chi connectivity index (χ4n) is 1.39. The van der Waals surface area contributed by atoms with Crippen molar-refractivity contribution in [1.29, 1.82) is 5.26 Å². The van der Waals surface area contributed by atoms with Crippen molar-refractivity contribution in [3.05, 3.63) is 0 Å². The van der Waals surface area contributed by atoms with Gasteiger partial charge >= 0.3 is 0 Å². The maximum absolute atomic E-state index is 9.12. The summed E-state index contributed by atoms with van der Waals surface area (Å²) in [7, 11) is 0. The van der Waals surface area contributed by atoms with E-state index in [1.54, 1.807) is 0 Å². The summed E-state index contributed by atoms with van der Waals surface area (Å²) in [4.78, 5) is 0. The average molecular weight is 228 g/mol. The summed E-state index contributed by atoms with van der Waals surface area (Å²) < 4.78 is 0. The molecule has 1 unspecified atom stereocenters. The first-order valence-electron chi connectivity index (χ1n) is 5.66. The van der Waals surface area contributed by atoms with Crippen LogP contribution in [0.3, 0.4) is 0 Å². The number of hydrogen-bond acceptors (Lipinski definition) is 3. The smallest absolute Gasteiger partial charge is 0.104 e. The van der Waals surface area contributed by atoms with Crippen LogP contribution in [0.1, 0.15) is 41.0 Å². The Balaban J connectivity index is 3.84. The first-order chi connectivity index (χ1) is 6.89. The lowest BCUT2D eigenvalue weighted by Gasteiger charge is -2.25. The van der Waals surface area contributed by atoms with Crippen molar-refractivity contribution in [3.63, 3.8) is 0 Å². The predicted octanol–water partition coefficient (Wildman–Crippen LogP) is 3.05. The van der Waals surface area contributed by atoms with E-state index in [0.717, 1.165) is 18.1 Å². The molecule has 0 saturated heterocycles. The summed E-state index contributed by atoms with van der Waals surface area (Å²) in [6, 6.07) is 2.74. The summed E-state index contributed by atoms with van der Waals surface area (Å²) in [5.41, 5.74) is -0.363. The molecule has 2 nitrogen and oxygen atoms in total. The molecule has 0 radical (unpaired) electrons. The minimum Gasteiger partial charge on any atom is -0.297 e. The van der Waals surface area contributed by atoms with E-state index in [2.05, 4.69) is 39.1 Å². The Kier molecular flexibility index (Phi) is 7.04. The molecule has 0 heterocycles. The standard InChI is InChI=1S/C12H24N2S/c1-10(2)8-15-7-6-12(5,9-13)14-11(3)4/h10-11,14H,6-8H2,1-5H3. The maximum Gasteiger partial charge on any atom is 0.104 e. The molecule has 0 spiro atoms. The quantitative estimate of drug-likeness (QED) is 0.680. The van der Waals surface area contributed by atoms with Crippen LogP contribution < -0.4 is 5.32 Å². The Morgan fingerprint density at radius 2 is 1.93 bits per heavy atom. The van der Waals surface area contributed by atoms with Crippen LogP contribution in [0.2, 0.25) is 0 Å². The number of hydrogen-bond donors (Lipinski definition) is 1. The highest BCUT2D eigenvalue weighted by Gasteiger charge is 2.23. The molecule has 0 saturated carbocycles. The van der Waals surface area contributed by atoms with Crippen LogP contribution in [0.4, 0.5) is 0 Å². The van der Waals surface area contributed by atoms with Crippen LogP contribution in [0, 0.1) is 17.2 Å². The lowest BCUT2D eigenvalue weighted by Crippen LogP contribution is -2.45. The van der Waals surface area contributed by atoms with Gasteiger partial charge < -0.3 is 0 Å². The Bertz CT molecular complexity index is 208. The summed E-state index contributed by atoms with van der Waals surface area (Å²) in [5.74, 6) is 2.98. The van der Waals surface area contributed by atoms with E-state index >= 15 is 0 Å². The molecular weight excluding hydrogens is 204 g/mol. The molecular formula is C12H24N2S. The van der Waals surface area contributed by atoms with Crippen LogP contribution in [0.15, 0.2) is 0 Å². The first-order valence-corrected chi connectivity index (χ1v) is 6.82. The van der Waals surface area contributed by atoms with Gasteiger partial charge in [-0.25, -0.2) is 0 Å². The maximum atomic E-state index is 9.12.